The molecule has 0 radical (unpaired) electrons. The average Bonchev–Trinajstić information content (AvgIpc) is 3.56. The number of nitrogens with one attached hydrogen (secondary N) is 1. The van der Waals surface area contributed by atoms with Crippen molar-refractivity contribution < 1.29 is 9.90 Å². The molecule has 4 fully saturated rings. The van der Waals surface area contributed by atoms with E-state index in [2.05, 4.69) is 63.6 Å². The van der Waals surface area contributed by atoms with E-state index in [1.807, 2.05) is 13.1 Å². The van der Waals surface area contributed by atoms with E-state index < -0.39 is 0 Å². The Labute approximate surface area is 193 Å². The van der Waals surface area contributed by atoms with E-state index in [0.29, 0.717) is 0 Å². The van der Waals surface area contributed by atoms with Gasteiger partial charge < -0.3 is 15.3 Å². The number of hydrogen-bond donors (Lipinski definition) is 2. The van der Waals surface area contributed by atoms with Crippen LogP contribution < -0.4 is 10.2 Å². The molecule has 4 aliphatic rings. The number of pyridine rings is 1. The van der Waals surface area contributed by atoms with Crippen molar-refractivity contribution in [1.29, 1.82) is 0 Å². The second kappa shape index (κ2) is 7.03. The molecule has 7 rings (SSSR count). The summed E-state index contributed by atoms with van der Waals surface area (Å²) in [6.45, 7) is 6.49. The number of benzene rings is 1. The van der Waals surface area contributed by atoms with E-state index in [4.69, 9.17) is 0 Å². The van der Waals surface area contributed by atoms with Gasteiger partial charge in [-0.15, -0.1) is 5.10 Å². The van der Waals surface area contributed by atoms with E-state index in [0.717, 1.165) is 62.1 Å². The number of aromatic nitrogens is 3. The summed E-state index contributed by atoms with van der Waals surface area (Å²) in [7, 11) is 0. The Morgan fingerprint density at radius 3 is 2.70 bits per heavy atom. The Balaban J connectivity index is 1.23. The SMILES string of the molecule is Cc1cc(N2CC[C@](C)(c3ccccc3)C2)cn2nc(C(=O)NC34CCC(CO)(C3)C4)nc12. The molecular weight excluding hydrogens is 414 g/mol. The van der Waals surface area contributed by atoms with Crippen LogP contribution >= 0.6 is 0 Å². The largest absolute Gasteiger partial charge is 0.396 e. The van der Waals surface area contributed by atoms with Gasteiger partial charge in [-0.3, -0.25) is 4.79 Å². The van der Waals surface area contributed by atoms with Crippen molar-refractivity contribution in [3.05, 3.63) is 59.5 Å². The molecule has 3 aromatic rings. The van der Waals surface area contributed by atoms with Crippen LogP contribution in [0.25, 0.3) is 5.65 Å². The number of aliphatic hydroxyl groups excluding tert-OH is 1. The molecule has 3 heterocycles. The molecule has 1 aromatic carbocycles. The number of nitrogens with zero attached hydrogens (tertiary/aromatic N) is 4. The molecule has 33 heavy (non-hydrogen) atoms. The van der Waals surface area contributed by atoms with Crippen LogP contribution in [0.5, 0.6) is 0 Å². The zero-order chi connectivity index (χ0) is 22.8. The first kappa shape index (κ1) is 20.7. The van der Waals surface area contributed by atoms with E-state index in [9.17, 15) is 9.90 Å². The minimum absolute atomic E-state index is 0.0229. The summed E-state index contributed by atoms with van der Waals surface area (Å²) in [6, 6.07) is 12.9. The monoisotopic (exact) mass is 445 g/mol. The summed E-state index contributed by atoms with van der Waals surface area (Å²) in [6.07, 6.45) is 6.70. The molecule has 2 bridgehead atoms. The Kier molecular flexibility index (Phi) is 4.40. The molecule has 1 atom stereocenters. The first-order valence-electron chi connectivity index (χ1n) is 11.9. The molecule has 3 aliphatic carbocycles. The number of carbonyl (C=O) groups is 1. The first-order valence-corrected chi connectivity index (χ1v) is 11.9. The number of rotatable bonds is 5. The highest BCUT2D eigenvalue weighted by atomic mass is 16.3. The number of hydrogen-bond acceptors (Lipinski definition) is 5. The van der Waals surface area contributed by atoms with Gasteiger partial charge >= 0.3 is 0 Å². The maximum Gasteiger partial charge on any atom is 0.291 e. The van der Waals surface area contributed by atoms with Crippen LogP contribution in [-0.4, -0.2) is 50.8 Å². The van der Waals surface area contributed by atoms with Crippen LogP contribution in [0.4, 0.5) is 5.69 Å². The fourth-order valence-corrected chi connectivity index (χ4v) is 6.54. The molecule has 7 nitrogen and oxygen atoms in total. The molecular formula is C26H31N5O2. The summed E-state index contributed by atoms with van der Waals surface area (Å²) in [5.74, 6) is -0.000477. The van der Waals surface area contributed by atoms with Crippen LogP contribution in [0.1, 0.15) is 60.8 Å². The lowest BCUT2D eigenvalue weighted by Crippen LogP contribution is -2.56. The Morgan fingerprint density at radius 2 is 1.97 bits per heavy atom. The molecule has 2 N–H and O–H groups in total. The molecule has 172 valence electrons. The lowest BCUT2D eigenvalue weighted by Gasteiger charge is -2.46. The zero-order valence-electron chi connectivity index (χ0n) is 19.3. The minimum atomic E-state index is -0.217. The third-order valence-electron chi connectivity index (χ3n) is 8.39. The van der Waals surface area contributed by atoms with Gasteiger partial charge in [-0.2, -0.15) is 0 Å². The Bertz CT molecular complexity index is 1230. The van der Waals surface area contributed by atoms with Gasteiger partial charge in [0, 0.05) is 30.7 Å². The number of aryl methyl sites for hydroxylation is 1. The van der Waals surface area contributed by atoms with Crippen LogP contribution in [0.2, 0.25) is 0 Å². The molecule has 0 spiro atoms. The zero-order valence-corrected chi connectivity index (χ0v) is 19.3. The molecule has 2 aromatic heterocycles. The fourth-order valence-electron chi connectivity index (χ4n) is 6.54. The van der Waals surface area contributed by atoms with Gasteiger partial charge in [0.25, 0.3) is 5.91 Å². The van der Waals surface area contributed by atoms with E-state index in [1.54, 1.807) is 4.52 Å². The first-order chi connectivity index (χ1) is 15.8. The van der Waals surface area contributed by atoms with E-state index in [-0.39, 0.29) is 34.7 Å². The number of anilines is 1. The fraction of sp³-hybridized carbons (Fsp3) is 0.500. The molecule has 3 saturated carbocycles. The topological polar surface area (TPSA) is 82.8 Å². The van der Waals surface area contributed by atoms with Gasteiger partial charge in [0.15, 0.2) is 5.65 Å². The van der Waals surface area contributed by atoms with Gasteiger partial charge in [-0.25, -0.2) is 9.50 Å². The standard InChI is InChI=1S/C26H31N5O2/c1-18-12-20(30-11-10-24(2,16-30)19-6-4-3-5-7-19)13-31-22(18)27-21(29-31)23(33)28-26-9-8-25(14-26,15-26)17-32/h3-7,12-13,32H,8-11,14-17H2,1-2H3,(H,28,33)/t24-,25?,26?/m0/s1. The van der Waals surface area contributed by atoms with Gasteiger partial charge in [-0.05, 0) is 61.6 Å². The number of amides is 1. The van der Waals surface area contributed by atoms with Crippen molar-refractivity contribution in [2.24, 2.45) is 5.41 Å². The van der Waals surface area contributed by atoms with Crippen LogP contribution in [0.3, 0.4) is 0 Å². The number of fused-ring (bicyclic) bond motifs is 2. The quantitative estimate of drug-likeness (QED) is 0.630. The average molecular weight is 446 g/mol. The van der Waals surface area contributed by atoms with E-state index in [1.165, 1.54) is 5.56 Å². The highest BCUT2D eigenvalue weighted by Crippen LogP contribution is 2.61. The minimum Gasteiger partial charge on any atom is -0.396 e. The van der Waals surface area contributed by atoms with Crippen molar-refractivity contribution in [1.82, 2.24) is 19.9 Å². The Morgan fingerprint density at radius 1 is 1.18 bits per heavy atom. The lowest BCUT2D eigenvalue weighted by atomic mass is 9.65. The van der Waals surface area contributed by atoms with Gasteiger partial charge in [0.1, 0.15) is 0 Å². The van der Waals surface area contributed by atoms with Gasteiger partial charge in [0.05, 0.1) is 11.9 Å². The molecule has 1 saturated heterocycles. The highest BCUT2D eigenvalue weighted by Gasteiger charge is 2.61. The smallest absolute Gasteiger partial charge is 0.291 e. The maximum atomic E-state index is 13.0. The Hall–Kier alpha value is -2.93. The third-order valence-corrected chi connectivity index (χ3v) is 8.39. The van der Waals surface area contributed by atoms with Crippen LogP contribution in [0.15, 0.2) is 42.6 Å². The normalized spacial score (nSPS) is 30.6. The summed E-state index contributed by atoms with van der Waals surface area (Å²) < 4.78 is 1.75. The summed E-state index contributed by atoms with van der Waals surface area (Å²) in [5.41, 5.74) is 4.16. The van der Waals surface area contributed by atoms with Gasteiger partial charge in [-0.1, -0.05) is 37.3 Å². The summed E-state index contributed by atoms with van der Waals surface area (Å²) >= 11 is 0. The second-order valence-corrected chi connectivity index (χ2v) is 10.9. The summed E-state index contributed by atoms with van der Waals surface area (Å²) in [5, 5.41) is 17.3. The van der Waals surface area contributed by atoms with Crippen LogP contribution in [0, 0.1) is 12.3 Å². The second-order valence-electron chi connectivity index (χ2n) is 10.9. The number of carbonyl (C=O) groups excluding carboxylic acids is 1. The number of aliphatic hydroxyl groups is 1. The predicted octanol–water partition coefficient (Wildman–Crippen LogP) is 3.24. The van der Waals surface area contributed by atoms with Crippen molar-refractivity contribution in [3.8, 4) is 0 Å². The predicted molar refractivity (Wildman–Crippen MR) is 127 cm³/mol. The summed E-state index contributed by atoms with van der Waals surface area (Å²) in [4.78, 5) is 19.9. The third kappa shape index (κ3) is 3.24. The van der Waals surface area contributed by atoms with E-state index >= 15 is 0 Å². The highest BCUT2D eigenvalue weighted by molar-refractivity contribution is 5.91. The maximum absolute atomic E-state index is 13.0. The molecule has 1 amide bonds. The van der Waals surface area contributed by atoms with Crippen molar-refractivity contribution in [2.45, 2.75) is 56.9 Å². The van der Waals surface area contributed by atoms with Crippen molar-refractivity contribution in [3.63, 3.8) is 0 Å². The molecule has 1 aliphatic heterocycles. The lowest BCUT2D eigenvalue weighted by molar-refractivity contribution is 0.0224. The van der Waals surface area contributed by atoms with Crippen LogP contribution in [-0.2, 0) is 5.41 Å². The van der Waals surface area contributed by atoms with Crippen molar-refractivity contribution in [2.75, 3.05) is 24.6 Å². The van der Waals surface area contributed by atoms with Gasteiger partial charge in [0.2, 0.25) is 5.82 Å². The van der Waals surface area contributed by atoms with Crippen molar-refractivity contribution >= 4 is 17.2 Å². The molecule has 7 heteroatoms. The molecule has 0 unspecified atom stereocenters.